The number of hydrogen-bond donors (Lipinski definition) is 2. The Kier molecular flexibility index (Phi) is 5.09. The van der Waals surface area contributed by atoms with Crippen molar-refractivity contribution in [1.82, 2.24) is 15.3 Å². The number of aliphatic hydroxyl groups is 1. The van der Waals surface area contributed by atoms with Crippen molar-refractivity contribution in [2.45, 2.75) is 52.3 Å². The van der Waals surface area contributed by atoms with Crippen LogP contribution in [0.25, 0.3) is 0 Å². The van der Waals surface area contributed by atoms with Crippen molar-refractivity contribution in [2.24, 2.45) is 0 Å². The third-order valence-electron chi connectivity index (χ3n) is 3.59. The van der Waals surface area contributed by atoms with Crippen LogP contribution < -0.4 is 5.32 Å². The van der Waals surface area contributed by atoms with E-state index in [9.17, 15) is 5.11 Å². The molecule has 2 N–H and O–H groups in total. The van der Waals surface area contributed by atoms with Gasteiger partial charge in [0.15, 0.2) is 0 Å². The molecule has 2 aromatic heterocycles. The lowest BCUT2D eigenvalue weighted by molar-refractivity contribution is 0.127. The zero-order chi connectivity index (χ0) is 15.4. The Hall–Kier alpha value is -1.72. The van der Waals surface area contributed by atoms with Gasteiger partial charge in [-0.25, -0.2) is 9.97 Å². The standard InChI is InChI=1S/C16H23N3O2/c1-10(8-15(20)16-6-5-7-21-16)18-11(2)14-9-17-13(4)19-12(14)3/h5-7,9-11,15,18,20H,8H2,1-4H3. The number of aryl methyl sites for hydroxylation is 2. The Morgan fingerprint density at radius 3 is 2.71 bits per heavy atom. The molecule has 0 fully saturated rings. The summed E-state index contributed by atoms with van der Waals surface area (Å²) in [6.45, 7) is 8.01. The third kappa shape index (κ3) is 4.12. The van der Waals surface area contributed by atoms with Crippen LogP contribution in [0, 0.1) is 13.8 Å². The molecule has 0 radical (unpaired) electrons. The number of furan rings is 1. The van der Waals surface area contributed by atoms with Gasteiger partial charge in [-0.15, -0.1) is 0 Å². The van der Waals surface area contributed by atoms with Gasteiger partial charge in [0.25, 0.3) is 0 Å². The van der Waals surface area contributed by atoms with Gasteiger partial charge >= 0.3 is 0 Å². The fraction of sp³-hybridized carbons (Fsp3) is 0.500. The molecule has 114 valence electrons. The molecule has 0 bridgehead atoms. The molecule has 2 aromatic rings. The molecule has 5 nitrogen and oxygen atoms in total. The lowest BCUT2D eigenvalue weighted by Gasteiger charge is -2.22. The number of nitrogens with one attached hydrogen (secondary N) is 1. The molecule has 0 saturated heterocycles. The Morgan fingerprint density at radius 2 is 2.10 bits per heavy atom. The van der Waals surface area contributed by atoms with Crippen molar-refractivity contribution >= 4 is 0 Å². The summed E-state index contributed by atoms with van der Waals surface area (Å²) < 4.78 is 5.22. The number of aromatic nitrogens is 2. The SMILES string of the molecule is Cc1ncc(C(C)NC(C)CC(O)c2ccco2)c(C)n1. The van der Waals surface area contributed by atoms with Crippen molar-refractivity contribution in [2.75, 3.05) is 0 Å². The highest BCUT2D eigenvalue weighted by molar-refractivity contribution is 5.19. The minimum Gasteiger partial charge on any atom is -0.467 e. The average Bonchev–Trinajstić information content (AvgIpc) is 2.91. The number of hydrogen-bond acceptors (Lipinski definition) is 5. The third-order valence-corrected chi connectivity index (χ3v) is 3.59. The molecule has 3 atom stereocenters. The molecule has 0 aliphatic rings. The smallest absolute Gasteiger partial charge is 0.132 e. The van der Waals surface area contributed by atoms with Crippen LogP contribution in [-0.2, 0) is 0 Å². The summed E-state index contributed by atoms with van der Waals surface area (Å²) in [5.41, 5.74) is 2.07. The van der Waals surface area contributed by atoms with E-state index in [0.717, 1.165) is 17.1 Å². The second kappa shape index (κ2) is 6.83. The molecule has 3 unspecified atom stereocenters. The highest BCUT2D eigenvalue weighted by Gasteiger charge is 2.18. The van der Waals surface area contributed by atoms with Crippen LogP contribution in [0.2, 0.25) is 0 Å². The van der Waals surface area contributed by atoms with Gasteiger partial charge in [-0.2, -0.15) is 0 Å². The summed E-state index contributed by atoms with van der Waals surface area (Å²) in [6, 6.07) is 3.84. The first kappa shape index (κ1) is 15.7. The van der Waals surface area contributed by atoms with Gasteiger partial charge in [0.2, 0.25) is 0 Å². The minimum atomic E-state index is -0.593. The minimum absolute atomic E-state index is 0.129. The Labute approximate surface area is 125 Å². The van der Waals surface area contributed by atoms with Gasteiger partial charge in [-0.3, -0.25) is 0 Å². The van der Waals surface area contributed by atoms with Gasteiger partial charge < -0.3 is 14.8 Å². The molecular formula is C16H23N3O2. The van der Waals surface area contributed by atoms with E-state index in [2.05, 4.69) is 22.2 Å². The normalized spacial score (nSPS) is 15.7. The van der Waals surface area contributed by atoms with Crippen LogP contribution in [0.15, 0.2) is 29.0 Å². The summed E-state index contributed by atoms with van der Waals surface area (Å²) in [5, 5.41) is 13.6. The van der Waals surface area contributed by atoms with Gasteiger partial charge in [-0.1, -0.05) is 0 Å². The first-order chi connectivity index (χ1) is 9.97. The highest BCUT2D eigenvalue weighted by Crippen LogP contribution is 2.21. The second-order valence-corrected chi connectivity index (χ2v) is 5.51. The zero-order valence-electron chi connectivity index (χ0n) is 13.0. The van der Waals surface area contributed by atoms with Crippen molar-refractivity contribution in [3.05, 3.63) is 47.4 Å². The van der Waals surface area contributed by atoms with E-state index in [-0.39, 0.29) is 12.1 Å². The zero-order valence-corrected chi connectivity index (χ0v) is 13.0. The lowest BCUT2D eigenvalue weighted by Crippen LogP contribution is -2.31. The van der Waals surface area contributed by atoms with Crippen LogP contribution in [0.3, 0.4) is 0 Å². The van der Waals surface area contributed by atoms with Gasteiger partial charge in [0, 0.05) is 29.5 Å². The molecule has 0 saturated carbocycles. The van der Waals surface area contributed by atoms with E-state index in [1.165, 1.54) is 0 Å². The monoisotopic (exact) mass is 289 g/mol. The number of rotatable bonds is 6. The van der Waals surface area contributed by atoms with Crippen LogP contribution in [0.4, 0.5) is 0 Å². The van der Waals surface area contributed by atoms with E-state index in [4.69, 9.17) is 4.42 Å². The molecule has 0 aliphatic carbocycles. The summed E-state index contributed by atoms with van der Waals surface area (Å²) in [5.74, 6) is 1.39. The molecule has 21 heavy (non-hydrogen) atoms. The molecule has 5 heteroatoms. The average molecular weight is 289 g/mol. The molecule has 0 spiro atoms. The van der Waals surface area contributed by atoms with Crippen LogP contribution in [0.5, 0.6) is 0 Å². The predicted octanol–water partition coefficient (Wildman–Crippen LogP) is 2.85. The topological polar surface area (TPSA) is 71.2 Å². The molecule has 2 rings (SSSR count). The van der Waals surface area contributed by atoms with E-state index >= 15 is 0 Å². The van der Waals surface area contributed by atoms with Crippen molar-refractivity contribution in [3.8, 4) is 0 Å². The molecule has 2 heterocycles. The maximum Gasteiger partial charge on any atom is 0.132 e. The molecular weight excluding hydrogens is 266 g/mol. The fourth-order valence-corrected chi connectivity index (χ4v) is 2.53. The molecule has 0 amide bonds. The predicted molar refractivity (Wildman–Crippen MR) is 80.8 cm³/mol. The highest BCUT2D eigenvalue weighted by atomic mass is 16.4. The summed E-state index contributed by atoms with van der Waals surface area (Å²) in [6.07, 6.45) is 3.44. The summed E-state index contributed by atoms with van der Waals surface area (Å²) in [7, 11) is 0. The van der Waals surface area contributed by atoms with Crippen LogP contribution >= 0.6 is 0 Å². The van der Waals surface area contributed by atoms with Gasteiger partial charge in [-0.05, 0) is 46.2 Å². The summed E-state index contributed by atoms with van der Waals surface area (Å²) in [4.78, 5) is 8.64. The van der Waals surface area contributed by atoms with E-state index in [1.54, 1.807) is 18.4 Å². The van der Waals surface area contributed by atoms with E-state index in [1.807, 2.05) is 27.0 Å². The Morgan fingerprint density at radius 1 is 1.33 bits per heavy atom. The van der Waals surface area contributed by atoms with Crippen LogP contribution in [0.1, 0.15) is 55.3 Å². The Bertz CT molecular complexity index is 569. The first-order valence-corrected chi connectivity index (χ1v) is 7.25. The first-order valence-electron chi connectivity index (χ1n) is 7.25. The quantitative estimate of drug-likeness (QED) is 0.855. The number of aliphatic hydroxyl groups excluding tert-OH is 1. The fourth-order valence-electron chi connectivity index (χ4n) is 2.53. The van der Waals surface area contributed by atoms with Gasteiger partial charge in [0.1, 0.15) is 17.7 Å². The maximum absolute atomic E-state index is 10.1. The van der Waals surface area contributed by atoms with E-state index < -0.39 is 6.10 Å². The number of nitrogens with zero attached hydrogens (tertiary/aromatic N) is 2. The van der Waals surface area contributed by atoms with Crippen molar-refractivity contribution < 1.29 is 9.52 Å². The van der Waals surface area contributed by atoms with Crippen molar-refractivity contribution in [3.63, 3.8) is 0 Å². The summed E-state index contributed by atoms with van der Waals surface area (Å²) >= 11 is 0. The maximum atomic E-state index is 10.1. The second-order valence-electron chi connectivity index (χ2n) is 5.51. The lowest BCUT2D eigenvalue weighted by atomic mass is 10.0. The van der Waals surface area contributed by atoms with Gasteiger partial charge in [0.05, 0.1) is 6.26 Å². The molecule has 0 aliphatic heterocycles. The van der Waals surface area contributed by atoms with Crippen molar-refractivity contribution in [1.29, 1.82) is 0 Å². The largest absolute Gasteiger partial charge is 0.467 e. The molecule has 0 aromatic carbocycles. The van der Waals surface area contributed by atoms with Crippen LogP contribution in [-0.4, -0.2) is 21.1 Å². The van der Waals surface area contributed by atoms with E-state index in [0.29, 0.717) is 12.2 Å². The Balaban J connectivity index is 1.94.